The van der Waals surface area contributed by atoms with E-state index in [0.29, 0.717) is 0 Å². The van der Waals surface area contributed by atoms with E-state index >= 15 is 0 Å². The average molecular weight is 373 g/mol. The van der Waals surface area contributed by atoms with Gasteiger partial charge in [-0.25, -0.2) is 0 Å². The van der Waals surface area contributed by atoms with Crippen LogP contribution in [0.5, 0.6) is 5.75 Å². The minimum atomic E-state index is 0.104. The Morgan fingerprint density at radius 1 is 1.37 bits per heavy atom. The molecule has 3 nitrogen and oxygen atoms in total. The van der Waals surface area contributed by atoms with Gasteiger partial charge in [-0.1, -0.05) is 6.92 Å². The van der Waals surface area contributed by atoms with Crippen LogP contribution in [0.2, 0.25) is 0 Å². The zero-order chi connectivity index (χ0) is 13.7. The third-order valence-corrected chi connectivity index (χ3v) is 3.92. The quantitative estimate of drug-likeness (QED) is 0.687. The molecule has 0 atom stereocenters. The number of ether oxygens (including phenoxy) is 1. The van der Waals surface area contributed by atoms with E-state index in [9.17, 15) is 4.79 Å². The molecule has 1 aliphatic rings. The summed E-state index contributed by atoms with van der Waals surface area (Å²) in [6, 6.07) is 7.77. The summed E-state index contributed by atoms with van der Waals surface area (Å²) in [4.78, 5) is 14.1. The van der Waals surface area contributed by atoms with Gasteiger partial charge in [-0.2, -0.15) is 0 Å². The largest absolute Gasteiger partial charge is 0.484 e. The van der Waals surface area contributed by atoms with Crippen molar-refractivity contribution in [3.63, 3.8) is 0 Å². The molecule has 0 bridgehead atoms. The van der Waals surface area contributed by atoms with Crippen LogP contribution >= 0.6 is 22.6 Å². The molecule has 0 heterocycles. The van der Waals surface area contributed by atoms with E-state index in [-0.39, 0.29) is 12.5 Å². The number of benzene rings is 1. The van der Waals surface area contributed by atoms with Crippen LogP contribution in [0.15, 0.2) is 24.3 Å². The van der Waals surface area contributed by atoms with Gasteiger partial charge in [0.05, 0.1) is 0 Å². The summed E-state index contributed by atoms with van der Waals surface area (Å²) >= 11 is 2.25. The molecular weight excluding hydrogens is 353 g/mol. The summed E-state index contributed by atoms with van der Waals surface area (Å²) in [7, 11) is 0. The van der Waals surface area contributed by atoms with Gasteiger partial charge in [-0.15, -0.1) is 0 Å². The lowest BCUT2D eigenvalue weighted by atomic mass is 10.3. The van der Waals surface area contributed by atoms with Crippen molar-refractivity contribution in [3.8, 4) is 5.75 Å². The molecule has 0 unspecified atom stereocenters. The third kappa shape index (κ3) is 5.01. The van der Waals surface area contributed by atoms with Gasteiger partial charge in [0, 0.05) is 16.7 Å². The molecule has 0 radical (unpaired) electrons. The molecule has 0 N–H and O–H groups in total. The molecule has 104 valence electrons. The molecule has 1 fully saturated rings. The summed E-state index contributed by atoms with van der Waals surface area (Å²) in [6.45, 7) is 3.99. The number of hydrogen-bond acceptors (Lipinski definition) is 2. The van der Waals surface area contributed by atoms with Crippen LogP contribution in [0.1, 0.15) is 26.2 Å². The van der Waals surface area contributed by atoms with Gasteiger partial charge >= 0.3 is 0 Å². The molecule has 0 aliphatic heterocycles. The van der Waals surface area contributed by atoms with Gasteiger partial charge < -0.3 is 9.64 Å². The van der Waals surface area contributed by atoms with Crippen molar-refractivity contribution in [2.24, 2.45) is 5.92 Å². The average Bonchev–Trinajstić information content (AvgIpc) is 3.21. The Bertz CT molecular complexity index is 415. The monoisotopic (exact) mass is 373 g/mol. The summed E-state index contributed by atoms with van der Waals surface area (Å²) < 4.78 is 6.72. The number of carbonyl (C=O) groups excluding carboxylic acids is 1. The standard InChI is InChI=1S/C15H20INO2/c1-2-9-17(10-12-3-4-12)15(18)11-19-14-7-5-13(16)6-8-14/h5-8,12H,2-4,9-11H2,1H3. The van der Waals surface area contributed by atoms with Crippen LogP contribution in [0.3, 0.4) is 0 Å². The third-order valence-electron chi connectivity index (χ3n) is 3.20. The second kappa shape index (κ2) is 7.12. The number of rotatable bonds is 7. The molecule has 0 aromatic heterocycles. The first-order valence-corrected chi connectivity index (χ1v) is 7.93. The second-order valence-corrected chi connectivity index (χ2v) is 6.27. The molecule has 1 aromatic rings. The molecule has 1 amide bonds. The summed E-state index contributed by atoms with van der Waals surface area (Å²) in [5.74, 6) is 1.60. The normalized spacial score (nSPS) is 14.2. The van der Waals surface area contributed by atoms with Crippen molar-refractivity contribution in [1.82, 2.24) is 4.90 Å². The zero-order valence-electron chi connectivity index (χ0n) is 11.3. The molecule has 0 spiro atoms. The highest BCUT2D eigenvalue weighted by Crippen LogP contribution is 2.29. The van der Waals surface area contributed by atoms with Crippen molar-refractivity contribution in [3.05, 3.63) is 27.8 Å². The fourth-order valence-corrected chi connectivity index (χ4v) is 2.33. The van der Waals surface area contributed by atoms with Gasteiger partial charge in [-0.05, 0) is 72.0 Å². The Labute approximate surface area is 128 Å². The summed E-state index contributed by atoms with van der Waals surface area (Å²) in [5, 5.41) is 0. The van der Waals surface area contributed by atoms with E-state index in [1.54, 1.807) is 0 Å². The predicted octanol–water partition coefficient (Wildman–Crippen LogP) is 3.32. The zero-order valence-corrected chi connectivity index (χ0v) is 13.4. The van der Waals surface area contributed by atoms with Gasteiger partial charge in [0.2, 0.25) is 0 Å². The lowest BCUT2D eigenvalue weighted by molar-refractivity contribution is -0.133. The van der Waals surface area contributed by atoms with E-state index in [1.165, 1.54) is 12.8 Å². The molecule has 1 aromatic carbocycles. The van der Waals surface area contributed by atoms with Crippen LogP contribution < -0.4 is 4.74 Å². The Kier molecular flexibility index (Phi) is 5.48. The second-order valence-electron chi connectivity index (χ2n) is 5.03. The maximum Gasteiger partial charge on any atom is 0.260 e. The highest BCUT2D eigenvalue weighted by Gasteiger charge is 2.26. The van der Waals surface area contributed by atoms with Crippen LogP contribution in [-0.2, 0) is 4.79 Å². The van der Waals surface area contributed by atoms with Crippen molar-refractivity contribution in [2.45, 2.75) is 26.2 Å². The first-order chi connectivity index (χ1) is 9.19. The minimum Gasteiger partial charge on any atom is -0.484 e. The van der Waals surface area contributed by atoms with Crippen LogP contribution in [0.4, 0.5) is 0 Å². The van der Waals surface area contributed by atoms with E-state index in [1.807, 2.05) is 29.2 Å². The van der Waals surface area contributed by atoms with Crippen LogP contribution in [0.25, 0.3) is 0 Å². The molecular formula is C15H20INO2. The van der Waals surface area contributed by atoms with Crippen molar-refractivity contribution >= 4 is 28.5 Å². The lowest BCUT2D eigenvalue weighted by Gasteiger charge is -2.22. The minimum absolute atomic E-state index is 0.104. The van der Waals surface area contributed by atoms with Crippen molar-refractivity contribution in [2.75, 3.05) is 19.7 Å². The molecule has 0 saturated heterocycles. The van der Waals surface area contributed by atoms with Crippen molar-refractivity contribution < 1.29 is 9.53 Å². The lowest BCUT2D eigenvalue weighted by Crippen LogP contribution is -2.37. The van der Waals surface area contributed by atoms with E-state index in [4.69, 9.17) is 4.74 Å². The smallest absolute Gasteiger partial charge is 0.260 e. The Morgan fingerprint density at radius 2 is 2.05 bits per heavy atom. The Morgan fingerprint density at radius 3 is 2.63 bits per heavy atom. The number of nitrogens with zero attached hydrogens (tertiary/aromatic N) is 1. The maximum atomic E-state index is 12.1. The highest BCUT2D eigenvalue weighted by atomic mass is 127. The highest BCUT2D eigenvalue weighted by molar-refractivity contribution is 14.1. The number of hydrogen-bond donors (Lipinski definition) is 0. The van der Waals surface area contributed by atoms with E-state index in [0.717, 1.165) is 34.7 Å². The van der Waals surface area contributed by atoms with Crippen LogP contribution in [0, 0.1) is 9.49 Å². The van der Waals surface area contributed by atoms with Crippen LogP contribution in [-0.4, -0.2) is 30.5 Å². The maximum absolute atomic E-state index is 12.1. The SMILES string of the molecule is CCCN(CC1CC1)C(=O)COc1ccc(I)cc1. The van der Waals surface area contributed by atoms with Gasteiger partial charge in [-0.3, -0.25) is 4.79 Å². The summed E-state index contributed by atoms with van der Waals surface area (Å²) in [5.41, 5.74) is 0. The van der Waals surface area contributed by atoms with Gasteiger partial charge in [0.25, 0.3) is 5.91 Å². The fraction of sp³-hybridized carbons (Fsp3) is 0.533. The van der Waals surface area contributed by atoms with Gasteiger partial charge in [0.15, 0.2) is 6.61 Å². The van der Waals surface area contributed by atoms with E-state index < -0.39 is 0 Å². The number of amides is 1. The first kappa shape index (κ1) is 14.6. The molecule has 1 saturated carbocycles. The first-order valence-electron chi connectivity index (χ1n) is 6.85. The predicted molar refractivity (Wildman–Crippen MR) is 84.2 cm³/mol. The van der Waals surface area contributed by atoms with E-state index in [2.05, 4.69) is 29.5 Å². The molecule has 19 heavy (non-hydrogen) atoms. The number of halogens is 1. The Balaban J connectivity index is 1.82. The topological polar surface area (TPSA) is 29.5 Å². The fourth-order valence-electron chi connectivity index (χ4n) is 1.97. The molecule has 2 rings (SSSR count). The molecule has 1 aliphatic carbocycles. The Hall–Kier alpha value is -0.780. The summed E-state index contributed by atoms with van der Waals surface area (Å²) in [6.07, 6.45) is 3.54. The van der Waals surface area contributed by atoms with Crippen molar-refractivity contribution in [1.29, 1.82) is 0 Å². The number of carbonyl (C=O) groups is 1. The van der Waals surface area contributed by atoms with Gasteiger partial charge in [0.1, 0.15) is 5.75 Å². The molecule has 4 heteroatoms.